The van der Waals surface area contributed by atoms with Gasteiger partial charge in [0.1, 0.15) is 5.75 Å². The fraction of sp³-hybridized carbons (Fsp3) is 0.294. The van der Waals surface area contributed by atoms with Gasteiger partial charge in [0.05, 0.1) is 7.11 Å². The predicted molar refractivity (Wildman–Crippen MR) is 99.5 cm³/mol. The Hall–Kier alpha value is -0.320. The van der Waals surface area contributed by atoms with E-state index in [4.69, 9.17) is 4.74 Å². The third kappa shape index (κ3) is 5.11. The normalized spacial score (nSPS) is 12.2. The first kappa shape index (κ1) is 17.0. The highest BCUT2D eigenvalue weighted by Crippen LogP contribution is 2.27. The first-order valence-corrected chi connectivity index (χ1v) is 9.46. The standard InChI is InChI=1S/C17H17Br3O/c1-21-16-5-6-17(20)14(10-16)8-13(11-18)7-12-3-2-4-15(19)9-12/h2-6,9-10,13H,7-8,11H2,1H3. The number of alkyl halides is 1. The summed E-state index contributed by atoms with van der Waals surface area (Å²) in [5.41, 5.74) is 2.64. The lowest BCUT2D eigenvalue weighted by Crippen LogP contribution is -2.10. The van der Waals surface area contributed by atoms with Crippen molar-refractivity contribution < 1.29 is 4.74 Å². The van der Waals surface area contributed by atoms with E-state index < -0.39 is 0 Å². The van der Waals surface area contributed by atoms with Crippen molar-refractivity contribution in [3.8, 4) is 5.75 Å². The molecule has 0 spiro atoms. The molecule has 0 radical (unpaired) electrons. The highest BCUT2D eigenvalue weighted by atomic mass is 79.9. The van der Waals surface area contributed by atoms with Crippen LogP contribution in [0, 0.1) is 5.92 Å². The van der Waals surface area contributed by atoms with Crippen molar-refractivity contribution in [1.29, 1.82) is 0 Å². The fourth-order valence-electron chi connectivity index (χ4n) is 2.32. The molecule has 2 rings (SSSR count). The summed E-state index contributed by atoms with van der Waals surface area (Å²) in [5.74, 6) is 1.45. The molecule has 0 aliphatic heterocycles. The van der Waals surface area contributed by atoms with E-state index >= 15 is 0 Å². The summed E-state index contributed by atoms with van der Waals surface area (Å²) in [7, 11) is 1.70. The van der Waals surface area contributed by atoms with E-state index in [0.29, 0.717) is 5.92 Å². The molecule has 0 saturated heterocycles. The van der Waals surface area contributed by atoms with Gasteiger partial charge in [-0.15, -0.1) is 0 Å². The molecule has 0 amide bonds. The zero-order valence-corrected chi connectivity index (χ0v) is 16.5. The second-order valence-corrected chi connectivity index (χ2v) is 7.43. The van der Waals surface area contributed by atoms with Crippen molar-refractivity contribution in [1.82, 2.24) is 0 Å². The maximum atomic E-state index is 5.32. The highest BCUT2D eigenvalue weighted by molar-refractivity contribution is 9.10. The molecule has 0 heterocycles. The number of hydrogen-bond donors (Lipinski definition) is 0. The molecular formula is C17H17Br3O. The lowest BCUT2D eigenvalue weighted by Gasteiger charge is -2.16. The van der Waals surface area contributed by atoms with Crippen molar-refractivity contribution in [2.24, 2.45) is 5.92 Å². The molecule has 21 heavy (non-hydrogen) atoms. The second kappa shape index (κ2) is 8.35. The second-order valence-electron chi connectivity index (χ2n) is 5.02. The Kier molecular flexibility index (Phi) is 6.77. The molecule has 0 aromatic heterocycles. The van der Waals surface area contributed by atoms with Gasteiger partial charge in [0.15, 0.2) is 0 Å². The van der Waals surface area contributed by atoms with Crippen LogP contribution < -0.4 is 4.74 Å². The Bertz CT molecular complexity index is 598. The number of halogens is 3. The zero-order valence-electron chi connectivity index (χ0n) is 11.8. The average molecular weight is 477 g/mol. The molecule has 0 bridgehead atoms. The molecule has 1 nitrogen and oxygen atoms in total. The topological polar surface area (TPSA) is 9.23 Å². The molecule has 0 N–H and O–H groups in total. The highest BCUT2D eigenvalue weighted by Gasteiger charge is 2.12. The fourth-order valence-corrected chi connectivity index (χ4v) is 3.64. The van der Waals surface area contributed by atoms with Gasteiger partial charge in [0, 0.05) is 14.3 Å². The smallest absolute Gasteiger partial charge is 0.119 e. The summed E-state index contributed by atoms with van der Waals surface area (Å²) in [6, 6.07) is 14.7. The molecule has 0 saturated carbocycles. The summed E-state index contributed by atoms with van der Waals surface area (Å²) in [4.78, 5) is 0. The SMILES string of the molecule is COc1ccc(Br)c(CC(CBr)Cc2cccc(Br)c2)c1. The minimum Gasteiger partial charge on any atom is -0.497 e. The first-order chi connectivity index (χ1) is 10.1. The number of benzene rings is 2. The monoisotopic (exact) mass is 474 g/mol. The van der Waals surface area contributed by atoms with Crippen molar-refractivity contribution in [3.63, 3.8) is 0 Å². The molecule has 0 fully saturated rings. The van der Waals surface area contributed by atoms with Crippen LogP contribution in [-0.4, -0.2) is 12.4 Å². The van der Waals surface area contributed by atoms with Gasteiger partial charge in [-0.05, 0) is 60.2 Å². The van der Waals surface area contributed by atoms with E-state index in [1.54, 1.807) is 7.11 Å². The molecule has 2 aromatic carbocycles. The van der Waals surface area contributed by atoms with Crippen molar-refractivity contribution in [2.75, 3.05) is 12.4 Å². The number of methoxy groups -OCH3 is 1. The summed E-state index contributed by atoms with van der Waals surface area (Å²) >= 11 is 10.8. The van der Waals surface area contributed by atoms with Crippen LogP contribution in [0.5, 0.6) is 5.75 Å². The van der Waals surface area contributed by atoms with Crippen LogP contribution in [0.15, 0.2) is 51.4 Å². The van der Waals surface area contributed by atoms with Gasteiger partial charge in [-0.1, -0.05) is 59.9 Å². The van der Waals surface area contributed by atoms with Gasteiger partial charge in [-0.2, -0.15) is 0 Å². The quantitative estimate of drug-likeness (QED) is 0.463. The Labute approximate surface area is 151 Å². The largest absolute Gasteiger partial charge is 0.497 e. The Morgan fingerprint density at radius 3 is 2.52 bits per heavy atom. The molecule has 1 unspecified atom stereocenters. The first-order valence-electron chi connectivity index (χ1n) is 6.75. The van der Waals surface area contributed by atoms with Crippen LogP contribution in [0.3, 0.4) is 0 Å². The number of rotatable bonds is 6. The van der Waals surface area contributed by atoms with Gasteiger partial charge in [-0.3, -0.25) is 0 Å². The Morgan fingerprint density at radius 1 is 1.05 bits per heavy atom. The lowest BCUT2D eigenvalue weighted by atomic mass is 9.94. The van der Waals surface area contributed by atoms with Gasteiger partial charge in [0.25, 0.3) is 0 Å². The van der Waals surface area contributed by atoms with E-state index in [9.17, 15) is 0 Å². The van der Waals surface area contributed by atoms with Crippen LogP contribution >= 0.6 is 47.8 Å². The lowest BCUT2D eigenvalue weighted by molar-refractivity contribution is 0.413. The summed E-state index contributed by atoms with van der Waals surface area (Å²) in [5, 5.41) is 0.975. The van der Waals surface area contributed by atoms with E-state index in [2.05, 4.69) is 84.2 Å². The minimum absolute atomic E-state index is 0.544. The molecule has 1 atom stereocenters. The van der Waals surface area contributed by atoms with Crippen molar-refractivity contribution in [2.45, 2.75) is 12.8 Å². The Balaban J connectivity index is 2.12. The number of ether oxygens (including phenoxy) is 1. The van der Waals surface area contributed by atoms with Crippen molar-refractivity contribution >= 4 is 47.8 Å². The third-order valence-corrected chi connectivity index (χ3v) is 5.58. The summed E-state index contributed by atoms with van der Waals surface area (Å²) in [6.07, 6.45) is 2.06. The Morgan fingerprint density at radius 2 is 1.86 bits per heavy atom. The van der Waals surface area contributed by atoms with Crippen LogP contribution in [0.25, 0.3) is 0 Å². The minimum atomic E-state index is 0.544. The summed E-state index contributed by atoms with van der Waals surface area (Å²) < 4.78 is 7.60. The van der Waals surface area contributed by atoms with Gasteiger partial charge >= 0.3 is 0 Å². The van der Waals surface area contributed by atoms with Crippen molar-refractivity contribution in [3.05, 3.63) is 62.5 Å². The molecule has 0 aliphatic rings. The third-order valence-electron chi connectivity index (χ3n) is 3.39. The van der Waals surface area contributed by atoms with E-state index in [1.807, 2.05) is 6.07 Å². The molecule has 112 valence electrons. The predicted octanol–water partition coefficient (Wildman–Crippen LogP) is 6.02. The van der Waals surface area contributed by atoms with Gasteiger partial charge in [-0.25, -0.2) is 0 Å². The van der Waals surface area contributed by atoms with Crippen LogP contribution in [0.4, 0.5) is 0 Å². The number of hydrogen-bond acceptors (Lipinski definition) is 1. The maximum Gasteiger partial charge on any atom is 0.119 e. The molecule has 0 aliphatic carbocycles. The maximum absolute atomic E-state index is 5.32. The van der Waals surface area contributed by atoms with Gasteiger partial charge in [0.2, 0.25) is 0 Å². The van der Waals surface area contributed by atoms with Crippen LogP contribution in [0.1, 0.15) is 11.1 Å². The van der Waals surface area contributed by atoms with Crippen LogP contribution in [-0.2, 0) is 12.8 Å². The molecule has 4 heteroatoms. The van der Waals surface area contributed by atoms with Crippen LogP contribution in [0.2, 0.25) is 0 Å². The summed E-state index contributed by atoms with van der Waals surface area (Å²) in [6.45, 7) is 0. The molecular weight excluding hydrogens is 460 g/mol. The van der Waals surface area contributed by atoms with E-state index in [-0.39, 0.29) is 0 Å². The van der Waals surface area contributed by atoms with E-state index in [0.717, 1.165) is 32.9 Å². The van der Waals surface area contributed by atoms with E-state index in [1.165, 1.54) is 11.1 Å². The average Bonchev–Trinajstić information content (AvgIpc) is 2.48. The van der Waals surface area contributed by atoms with Gasteiger partial charge < -0.3 is 4.74 Å². The zero-order chi connectivity index (χ0) is 15.2. The molecule has 2 aromatic rings.